The zero-order valence-electron chi connectivity index (χ0n) is 10.5. The third kappa shape index (κ3) is 2.01. The summed E-state index contributed by atoms with van der Waals surface area (Å²) in [6, 6.07) is 7.68. The minimum atomic E-state index is -0.316. The number of nitrogens with zero attached hydrogens (tertiary/aromatic N) is 2. The second kappa shape index (κ2) is 4.65. The van der Waals surface area contributed by atoms with Crippen LogP contribution in [0.5, 0.6) is 0 Å². The minimum absolute atomic E-state index is 0.316. The zero-order chi connectivity index (χ0) is 14.4. The Labute approximate surface area is 124 Å². The van der Waals surface area contributed by atoms with E-state index in [1.807, 2.05) is 0 Å². The molecular formula is C14H10Cl2FN3. The third-order valence-electron chi connectivity index (χ3n) is 3.18. The van der Waals surface area contributed by atoms with Crippen molar-refractivity contribution in [3.8, 4) is 11.4 Å². The summed E-state index contributed by atoms with van der Waals surface area (Å²) < 4.78 is 15.1. The van der Waals surface area contributed by atoms with Crippen molar-refractivity contribution in [1.29, 1.82) is 0 Å². The molecule has 0 aliphatic rings. The molecule has 0 aliphatic heterocycles. The van der Waals surface area contributed by atoms with Crippen molar-refractivity contribution in [2.24, 2.45) is 7.05 Å². The fraction of sp³-hybridized carbons (Fsp3) is 0.0714. The van der Waals surface area contributed by atoms with Crippen LogP contribution < -0.4 is 5.73 Å². The van der Waals surface area contributed by atoms with Crippen molar-refractivity contribution in [2.45, 2.75) is 0 Å². The van der Waals surface area contributed by atoms with E-state index >= 15 is 0 Å². The van der Waals surface area contributed by atoms with Gasteiger partial charge in [-0.1, -0.05) is 23.2 Å². The van der Waals surface area contributed by atoms with Gasteiger partial charge in [-0.25, -0.2) is 9.37 Å². The van der Waals surface area contributed by atoms with E-state index < -0.39 is 0 Å². The zero-order valence-corrected chi connectivity index (χ0v) is 12.0. The molecular weight excluding hydrogens is 300 g/mol. The molecule has 3 rings (SSSR count). The Morgan fingerprint density at radius 3 is 2.70 bits per heavy atom. The lowest BCUT2D eigenvalue weighted by atomic mass is 10.1. The Kier molecular flexibility index (Phi) is 3.07. The number of benzene rings is 2. The lowest BCUT2D eigenvalue weighted by Crippen LogP contribution is -1.98. The first-order valence-electron chi connectivity index (χ1n) is 5.84. The molecule has 0 atom stereocenters. The Hall–Kier alpha value is -1.78. The highest BCUT2D eigenvalue weighted by Crippen LogP contribution is 2.35. The van der Waals surface area contributed by atoms with Crippen molar-refractivity contribution < 1.29 is 4.39 Å². The summed E-state index contributed by atoms with van der Waals surface area (Å²) >= 11 is 12.1. The molecule has 0 saturated heterocycles. The van der Waals surface area contributed by atoms with Gasteiger partial charge in [-0.15, -0.1) is 0 Å². The molecule has 0 aliphatic carbocycles. The number of anilines is 1. The van der Waals surface area contributed by atoms with Crippen LogP contribution in [0.4, 0.5) is 10.1 Å². The number of fused-ring (bicyclic) bond motifs is 1. The molecule has 20 heavy (non-hydrogen) atoms. The predicted molar refractivity (Wildman–Crippen MR) is 80.5 cm³/mol. The summed E-state index contributed by atoms with van der Waals surface area (Å²) in [6.07, 6.45) is 0. The average Bonchev–Trinajstić information content (AvgIpc) is 2.71. The van der Waals surface area contributed by atoms with Gasteiger partial charge < -0.3 is 10.3 Å². The van der Waals surface area contributed by atoms with Crippen LogP contribution in [0.3, 0.4) is 0 Å². The van der Waals surface area contributed by atoms with E-state index in [1.54, 1.807) is 29.8 Å². The fourth-order valence-electron chi connectivity index (χ4n) is 2.17. The van der Waals surface area contributed by atoms with Crippen molar-refractivity contribution >= 4 is 39.9 Å². The molecule has 0 amide bonds. The number of halogens is 3. The molecule has 3 aromatic rings. The highest BCUT2D eigenvalue weighted by molar-refractivity contribution is 6.37. The van der Waals surface area contributed by atoms with Crippen LogP contribution in [-0.4, -0.2) is 9.55 Å². The molecule has 1 heterocycles. The lowest BCUT2D eigenvalue weighted by molar-refractivity contribution is 0.629. The molecule has 0 unspecified atom stereocenters. The molecule has 2 aromatic carbocycles. The van der Waals surface area contributed by atoms with Gasteiger partial charge in [0, 0.05) is 17.6 Å². The fourth-order valence-corrected chi connectivity index (χ4v) is 2.67. The second-order valence-electron chi connectivity index (χ2n) is 4.48. The Morgan fingerprint density at radius 1 is 1.20 bits per heavy atom. The summed E-state index contributed by atoms with van der Waals surface area (Å²) in [5.41, 5.74) is 8.37. The monoisotopic (exact) mass is 309 g/mol. The minimum Gasteiger partial charge on any atom is -0.397 e. The number of aromatic nitrogens is 2. The Bertz CT molecular complexity index is 827. The maximum atomic E-state index is 13.3. The van der Waals surface area contributed by atoms with Gasteiger partial charge in [0.15, 0.2) is 0 Å². The van der Waals surface area contributed by atoms with Crippen LogP contribution in [0.1, 0.15) is 0 Å². The molecule has 0 fully saturated rings. The van der Waals surface area contributed by atoms with Gasteiger partial charge in [0.1, 0.15) is 11.6 Å². The smallest absolute Gasteiger partial charge is 0.143 e. The van der Waals surface area contributed by atoms with Crippen LogP contribution in [0.15, 0.2) is 30.3 Å². The average molecular weight is 310 g/mol. The lowest BCUT2D eigenvalue weighted by Gasteiger charge is -2.08. The standard InChI is InChI=1S/C14H10Cl2FN3/c1-20-12-6-8(17)2-3-11(12)19-14(20)9-4-7(15)5-10(16)13(9)18/h2-6H,18H2,1H3. The molecule has 0 radical (unpaired) electrons. The third-order valence-corrected chi connectivity index (χ3v) is 3.71. The van der Waals surface area contributed by atoms with Gasteiger partial charge in [0.25, 0.3) is 0 Å². The van der Waals surface area contributed by atoms with Crippen molar-refractivity contribution in [3.05, 3.63) is 46.2 Å². The van der Waals surface area contributed by atoms with Gasteiger partial charge in [0.05, 0.1) is 21.7 Å². The quantitative estimate of drug-likeness (QED) is 0.682. The number of aryl methyl sites for hydroxylation is 1. The van der Waals surface area contributed by atoms with Crippen LogP contribution in [0.2, 0.25) is 10.0 Å². The van der Waals surface area contributed by atoms with Crippen LogP contribution in [-0.2, 0) is 7.05 Å². The molecule has 2 N–H and O–H groups in total. The van der Waals surface area contributed by atoms with Gasteiger partial charge in [-0.2, -0.15) is 0 Å². The van der Waals surface area contributed by atoms with E-state index in [2.05, 4.69) is 4.98 Å². The maximum absolute atomic E-state index is 13.3. The van der Waals surface area contributed by atoms with Crippen LogP contribution >= 0.6 is 23.2 Å². The number of hydrogen-bond donors (Lipinski definition) is 1. The van der Waals surface area contributed by atoms with Crippen LogP contribution in [0.25, 0.3) is 22.4 Å². The van der Waals surface area contributed by atoms with Crippen molar-refractivity contribution in [2.75, 3.05) is 5.73 Å². The number of hydrogen-bond acceptors (Lipinski definition) is 2. The van der Waals surface area contributed by atoms with Crippen LogP contribution in [0, 0.1) is 5.82 Å². The SMILES string of the molecule is Cn1c(-c2cc(Cl)cc(Cl)c2N)nc2ccc(F)cc21. The molecule has 102 valence electrons. The molecule has 0 bridgehead atoms. The summed E-state index contributed by atoms with van der Waals surface area (Å²) in [5, 5.41) is 0.836. The normalized spacial score (nSPS) is 11.2. The van der Waals surface area contributed by atoms with E-state index in [0.717, 1.165) is 0 Å². The topological polar surface area (TPSA) is 43.8 Å². The highest BCUT2D eigenvalue weighted by atomic mass is 35.5. The second-order valence-corrected chi connectivity index (χ2v) is 5.32. The largest absolute Gasteiger partial charge is 0.397 e. The van der Waals surface area contributed by atoms with Gasteiger partial charge in [0.2, 0.25) is 0 Å². The first kappa shape index (κ1) is 13.2. The van der Waals surface area contributed by atoms with E-state index in [1.165, 1.54) is 12.1 Å². The van der Waals surface area contributed by atoms with E-state index in [-0.39, 0.29) is 5.82 Å². The van der Waals surface area contributed by atoms with Crippen molar-refractivity contribution in [3.63, 3.8) is 0 Å². The Balaban J connectivity index is 2.33. The maximum Gasteiger partial charge on any atom is 0.143 e. The van der Waals surface area contributed by atoms with E-state index in [4.69, 9.17) is 28.9 Å². The Morgan fingerprint density at radius 2 is 1.95 bits per heavy atom. The molecule has 1 aromatic heterocycles. The van der Waals surface area contributed by atoms with Gasteiger partial charge in [-0.05, 0) is 30.3 Å². The summed E-state index contributed by atoms with van der Waals surface area (Å²) in [5.74, 6) is 0.275. The van der Waals surface area contributed by atoms with E-state index in [9.17, 15) is 4.39 Å². The number of rotatable bonds is 1. The first-order chi connectivity index (χ1) is 9.47. The van der Waals surface area contributed by atoms with E-state index in [0.29, 0.717) is 38.2 Å². The van der Waals surface area contributed by atoms with Gasteiger partial charge in [-0.3, -0.25) is 0 Å². The molecule has 6 heteroatoms. The predicted octanol–water partition coefficient (Wildman–Crippen LogP) is 4.27. The van der Waals surface area contributed by atoms with Crippen molar-refractivity contribution in [1.82, 2.24) is 9.55 Å². The molecule has 3 nitrogen and oxygen atoms in total. The molecule has 0 saturated carbocycles. The highest BCUT2D eigenvalue weighted by Gasteiger charge is 2.15. The number of imidazole rings is 1. The van der Waals surface area contributed by atoms with Gasteiger partial charge >= 0.3 is 0 Å². The summed E-state index contributed by atoms with van der Waals surface area (Å²) in [6.45, 7) is 0. The summed E-state index contributed by atoms with van der Waals surface area (Å²) in [7, 11) is 1.79. The first-order valence-corrected chi connectivity index (χ1v) is 6.60. The number of nitrogens with two attached hydrogens (primary N) is 1. The molecule has 0 spiro atoms. The summed E-state index contributed by atoms with van der Waals surface area (Å²) in [4.78, 5) is 4.47. The number of nitrogen functional groups attached to an aromatic ring is 1.